The molecule has 4 nitrogen and oxygen atoms in total. The summed E-state index contributed by atoms with van der Waals surface area (Å²) < 4.78 is 0. The molecule has 5 heteroatoms. The fraction of sp³-hybridized carbons (Fsp3) is 0.222. The van der Waals surface area contributed by atoms with E-state index in [-0.39, 0.29) is 16.8 Å². The minimum atomic E-state index is -0.291. The Morgan fingerprint density at radius 3 is 2.51 bits per heavy atom. The van der Waals surface area contributed by atoms with Crippen molar-refractivity contribution in [2.75, 3.05) is 11.4 Å². The van der Waals surface area contributed by atoms with Gasteiger partial charge in [0.1, 0.15) is 0 Å². The van der Waals surface area contributed by atoms with Crippen LogP contribution in [0.5, 0.6) is 0 Å². The lowest BCUT2D eigenvalue weighted by molar-refractivity contribution is -0.114. The molecular formula is C36H36N2O2S. The van der Waals surface area contributed by atoms with Crippen molar-refractivity contribution in [3.63, 3.8) is 0 Å². The van der Waals surface area contributed by atoms with Gasteiger partial charge in [-0.05, 0) is 85.4 Å². The number of para-hydroxylation sites is 1. The first-order chi connectivity index (χ1) is 19.8. The molecule has 1 aromatic heterocycles. The number of allylic oxidation sites excluding steroid dienone is 7. The minimum Gasteiger partial charge on any atom is -0.389 e. The third-order valence-electron chi connectivity index (χ3n) is 8.00. The maximum Gasteiger partial charge on any atom is 0.196 e. The summed E-state index contributed by atoms with van der Waals surface area (Å²) in [5, 5.41) is 3.42. The van der Waals surface area contributed by atoms with Crippen molar-refractivity contribution in [2.24, 2.45) is 0 Å². The Bertz CT molecular complexity index is 1630. The number of ketones is 1. The first-order valence-corrected chi connectivity index (χ1v) is 14.9. The molecular weight excluding hydrogens is 524 g/mol. The van der Waals surface area contributed by atoms with Crippen LogP contribution in [0.1, 0.15) is 56.5 Å². The molecule has 0 radical (unpaired) electrons. The molecule has 0 spiro atoms. The van der Waals surface area contributed by atoms with Crippen LogP contribution >= 0.6 is 11.3 Å². The Morgan fingerprint density at radius 2 is 1.85 bits per heavy atom. The standard InChI is InChI=1S/C36H36N2O2S/c1-6-12-30(24(3)7-2)34(40)25(23-39)19-29-21-33-35(41-29)31-17-16-27(20-32(31)36(33,4)5)38(26-13-9-8-10-14-26)28-15-11-18-37-22-28/h6-10,12-14,16-17,19-23,37H,1,11,15,18H2,2-5H3/b24-7-,25-19-,30-12+. The fourth-order valence-corrected chi connectivity index (χ4v) is 6.98. The van der Waals surface area contributed by atoms with E-state index in [1.54, 1.807) is 29.6 Å². The van der Waals surface area contributed by atoms with Crippen molar-refractivity contribution in [3.05, 3.63) is 124 Å². The van der Waals surface area contributed by atoms with E-state index < -0.39 is 0 Å². The van der Waals surface area contributed by atoms with Crippen LogP contribution in [0, 0.1) is 0 Å². The van der Waals surface area contributed by atoms with Crippen LogP contribution in [0.15, 0.2) is 108 Å². The van der Waals surface area contributed by atoms with E-state index in [4.69, 9.17) is 0 Å². The van der Waals surface area contributed by atoms with E-state index in [0.29, 0.717) is 11.9 Å². The van der Waals surface area contributed by atoms with Gasteiger partial charge in [-0.1, -0.05) is 62.9 Å². The summed E-state index contributed by atoms with van der Waals surface area (Å²) in [6.07, 6.45) is 11.7. The van der Waals surface area contributed by atoms with Gasteiger partial charge < -0.3 is 10.2 Å². The van der Waals surface area contributed by atoms with Crippen LogP contribution < -0.4 is 10.2 Å². The molecule has 0 fully saturated rings. The third kappa shape index (κ3) is 5.30. The largest absolute Gasteiger partial charge is 0.389 e. The molecule has 3 aromatic rings. The molecule has 0 bridgehead atoms. The average molecular weight is 561 g/mol. The number of anilines is 2. The molecule has 5 rings (SSSR count). The van der Waals surface area contributed by atoms with E-state index >= 15 is 0 Å². The van der Waals surface area contributed by atoms with Gasteiger partial charge in [-0.3, -0.25) is 9.59 Å². The smallest absolute Gasteiger partial charge is 0.196 e. The number of fused-ring (bicyclic) bond motifs is 3. The predicted octanol–water partition coefficient (Wildman–Crippen LogP) is 8.65. The highest BCUT2D eigenvalue weighted by Crippen LogP contribution is 2.54. The normalized spacial score (nSPS) is 16.3. The molecule has 2 aliphatic rings. The summed E-state index contributed by atoms with van der Waals surface area (Å²) in [4.78, 5) is 29.7. The zero-order valence-corrected chi connectivity index (χ0v) is 25.0. The van der Waals surface area contributed by atoms with E-state index in [1.807, 2.05) is 26.0 Å². The predicted molar refractivity (Wildman–Crippen MR) is 173 cm³/mol. The van der Waals surface area contributed by atoms with Crippen LogP contribution in [0.3, 0.4) is 0 Å². The van der Waals surface area contributed by atoms with E-state index in [9.17, 15) is 9.59 Å². The van der Waals surface area contributed by atoms with Crippen LogP contribution in [-0.2, 0) is 15.0 Å². The number of rotatable bonds is 9. The maximum atomic E-state index is 13.3. The van der Waals surface area contributed by atoms with E-state index in [0.717, 1.165) is 41.2 Å². The van der Waals surface area contributed by atoms with Crippen molar-refractivity contribution in [1.82, 2.24) is 5.32 Å². The lowest BCUT2D eigenvalue weighted by atomic mass is 9.82. The van der Waals surface area contributed by atoms with Crippen molar-refractivity contribution < 1.29 is 9.59 Å². The molecule has 0 saturated carbocycles. The molecule has 0 unspecified atom stereocenters. The number of benzene rings is 2. The van der Waals surface area contributed by atoms with Gasteiger partial charge >= 0.3 is 0 Å². The second kappa shape index (κ2) is 11.7. The third-order valence-corrected chi connectivity index (χ3v) is 9.12. The highest BCUT2D eigenvalue weighted by Gasteiger charge is 2.38. The zero-order chi connectivity index (χ0) is 29.1. The number of carbonyl (C=O) groups excluding carboxylic acids is 2. The summed E-state index contributed by atoms with van der Waals surface area (Å²) in [7, 11) is 0. The summed E-state index contributed by atoms with van der Waals surface area (Å²) in [5.41, 5.74) is 8.45. The fourth-order valence-electron chi connectivity index (χ4n) is 5.67. The number of nitrogens with one attached hydrogen (secondary N) is 1. The van der Waals surface area contributed by atoms with Gasteiger partial charge in [0.2, 0.25) is 0 Å². The molecule has 0 atom stereocenters. The van der Waals surface area contributed by atoms with Crippen molar-refractivity contribution in [2.45, 2.75) is 46.0 Å². The van der Waals surface area contributed by atoms with Gasteiger partial charge in [0.05, 0.1) is 5.57 Å². The lowest BCUT2D eigenvalue weighted by Gasteiger charge is -2.31. The van der Waals surface area contributed by atoms with Crippen LogP contribution in [0.25, 0.3) is 16.5 Å². The summed E-state index contributed by atoms with van der Waals surface area (Å²) >= 11 is 1.63. The Morgan fingerprint density at radius 1 is 1.07 bits per heavy atom. The highest BCUT2D eigenvalue weighted by molar-refractivity contribution is 7.16. The molecule has 0 amide bonds. The summed E-state index contributed by atoms with van der Waals surface area (Å²) in [6, 6.07) is 19.4. The van der Waals surface area contributed by atoms with E-state index in [2.05, 4.69) is 85.4 Å². The SMILES string of the molecule is C=C/C=C(C(=O)/C(C=O)=C\c1cc2c(s1)-c1ccc(N(C3=CNCCC3)c3ccccc3)cc1C2(C)C)\C(C)=C/C. The Labute approximate surface area is 247 Å². The quantitative estimate of drug-likeness (QED) is 0.0935. The molecule has 2 heterocycles. The van der Waals surface area contributed by atoms with Crippen molar-refractivity contribution in [1.29, 1.82) is 0 Å². The van der Waals surface area contributed by atoms with Gasteiger partial charge in [0, 0.05) is 50.6 Å². The Hall–Kier alpha value is -4.22. The topological polar surface area (TPSA) is 49.4 Å². The number of carbonyl (C=O) groups is 2. The second-order valence-electron chi connectivity index (χ2n) is 10.9. The molecule has 1 N–H and O–H groups in total. The number of hydrogen-bond donors (Lipinski definition) is 1. The summed E-state index contributed by atoms with van der Waals surface area (Å²) in [5.74, 6) is -0.291. The van der Waals surface area contributed by atoms with E-state index in [1.165, 1.54) is 27.3 Å². The molecule has 1 aliphatic heterocycles. The van der Waals surface area contributed by atoms with Gasteiger partial charge in [-0.25, -0.2) is 0 Å². The van der Waals surface area contributed by atoms with Gasteiger partial charge in [0.25, 0.3) is 0 Å². The van der Waals surface area contributed by atoms with Gasteiger partial charge in [0.15, 0.2) is 12.1 Å². The number of hydrogen-bond acceptors (Lipinski definition) is 5. The number of Topliss-reactive ketones (excluding diaryl/α,β-unsaturated/α-hetero) is 1. The monoisotopic (exact) mass is 560 g/mol. The van der Waals surface area contributed by atoms with Crippen LogP contribution in [0.2, 0.25) is 0 Å². The molecule has 41 heavy (non-hydrogen) atoms. The first kappa shape index (κ1) is 28.3. The number of nitrogens with zero attached hydrogens (tertiary/aromatic N) is 1. The zero-order valence-electron chi connectivity index (χ0n) is 24.2. The van der Waals surface area contributed by atoms with Crippen molar-refractivity contribution in [3.8, 4) is 10.4 Å². The highest BCUT2D eigenvalue weighted by atomic mass is 32.1. The molecule has 0 saturated heterocycles. The Balaban J connectivity index is 1.54. The van der Waals surface area contributed by atoms with Crippen LogP contribution in [0.4, 0.5) is 11.4 Å². The van der Waals surface area contributed by atoms with Gasteiger partial charge in [-0.15, -0.1) is 11.3 Å². The first-order valence-electron chi connectivity index (χ1n) is 14.0. The minimum absolute atomic E-state index is 0.139. The summed E-state index contributed by atoms with van der Waals surface area (Å²) in [6.45, 7) is 13.0. The molecule has 1 aliphatic carbocycles. The number of thiophene rings is 1. The Kier molecular flexibility index (Phi) is 8.09. The average Bonchev–Trinajstić information content (AvgIpc) is 3.51. The van der Waals surface area contributed by atoms with Crippen molar-refractivity contribution >= 4 is 40.9 Å². The molecule has 208 valence electrons. The van der Waals surface area contributed by atoms with Crippen LogP contribution in [-0.4, -0.2) is 18.6 Å². The lowest BCUT2D eigenvalue weighted by Crippen LogP contribution is -2.24. The molecule has 2 aromatic carbocycles. The number of aldehydes is 1. The maximum absolute atomic E-state index is 13.3. The second-order valence-corrected chi connectivity index (χ2v) is 12.0. The van der Waals surface area contributed by atoms with Gasteiger partial charge in [-0.2, -0.15) is 0 Å².